The molecule has 0 saturated carbocycles. The lowest BCUT2D eigenvalue weighted by atomic mass is 9.92. The number of benzene rings is 7. The average molecular weight is 589 g/mol. The van der Waals surface area contributed by atoms with Gasteiger partial charge in [0.15, 0.2) is 0 Å². The molecule has 0 unspecified atom stereocenters. The van der Waals surface area contributed by atoms with E-state index in [1.54, 1.807) is 0 Å². The third-order valence-electron chi connectivity index (χ3n) is 8.92. The summed E-state index contributed by atoms with van der Waals surface area (Å²) >= 11 is 0. The second-order valence-corrected chi connectivity index (χ2v) is 11.9. The summed E-state index contributed by atoms with van der Waals surface area (Å²) in [6.45, 7) is 4.43. The summed E-state index contributed by atoms with van der Waals surface area (Å²) in [5.41, 5.74) is 15.0. The fourth-order valence-electron chi connectivity index (χ4n) is 6.41. The monoisotopic (exact) mass is 588 g/mol. The van der Waals surface area contributed by atoms with Crippen molar-refractivity contribution in [3.05, 3.63) is 188 Å². The second kappa shape index (κ2) is 11.9. The van der Waals surface area contributed by atoms with E-state index in [4.69, 9.17) is 4.42 Å². The number of para-hydroxylation sites is 1. The molecule has 8 aromatic rings. The summed E-state index contributed by atoms with van der Waals surface area (Å²) in [5.74, 6) is 0. The van der Waals surface area contributed by atoms with Crippen LogP contribution in [0.4, 0.5) is 0 Å². The topological polar surface area (TPSA) is 13.1 Å². The van der Waals surface area contributed by atoms with Gasteiger partial charge in [0.25, 0.3) is 0 Å². The maximum atomic E-state index is 6.11. The van der Waals surface area contributed by atoms with Crippen molar-refractivity contribution >= 4 is 27.5 Å². The highest BCUT2D eigenvalue weighted by atomic mass is 16.3. The van der Waals surface area contributed by atoms with Gasteiger partial charge in [0.2, 0.25) is 0 Å². The van der Waals surface area contributed by atoms with Crippen molar-refractivity contribution in [2.24, 2.45) is 0 Å². The molecule has 0 N–H and O–H groups in total. The highest BCUT2D eigenvalue weighted by Crippen LogP contribution is 2.34. The lowest BCUT2D eigenvalue weighted by Crippen LogP contribution is -1.91. The molecule has 218 valence electrons. The summed E-state index contributed by atoms with van der Waals surface area (Å²) in [7, 11) is 0. The Kier molecular flexibility index (Phi) is 7.13. The maximum absolute atomic E-state index is 6.11. The lowest BCUT2D eigenvalue weighted by Gasteiger charge is -2.12. The molecular weight excluding hydrogens is 556 g/mol. The van der Waals surface area contributed by atoms with Crippen LogP contribution < -0.4 is 0 Å². The molecular formula is C45H32O. The van der Waals surface area contributed by atoms with Crippen LogP contribution in [-0.2, 0) is 6.42 Å². The highest BCUT2D eigenvalue weighted by molar-refractivity contribution is 6.05. The maximum Gasteiger partial charge on any atom is 0.136 e. The summed E-state index contributed by atoms with van der Waals surface area (Å²) in [4.78, 5) is 0. The quantitative estimate of drug-likeness (QED) is 0.180. The summed E-state index contributed by atoms with van der Waals surface area (Å²) in [6.07, 6.45) is 0.810. The third-order valence-corrected chi connectivity index (χ3v) is 8.92. The lowest BCUT2D eigenvalue weighted by molar-refractivity contribution is 0.669. The van der Waals surface area contributed by atoms with Gasteiger partial charge >= 0.3 is 0 Å². The van der Waals surface area contributed by atoms with Crippen LogP contribution in [0.25, 0.3) is 72.0 Å². The van der Waals surface area contributed by atoms with E-state index in [9.17, 15) is 0 Å². The Morgan fingerprint density at radius 1 is 0.413 bits per heavy atom. The van der Waals surface area contributed by atoms with E-state index in [1.807, 2.05) is 12.1 Å². The molecule has 0 amide bonds. The predicted molar refractivity (Wildman–Crippen MR) is 195 cm³/mol. The second-order valence-electron chi connectivity index (χ2n) is 11.9. The fraction of sp³-hybridized carbons (Fsp3) is 0.0222. The number of allylic oxidation sites excluding steroid dienone is 1. The normalized spacial score (nSPS) is 11.2. The first-order valence-electron chi connectivity index (χ1n) is 15.7. The van der Waals surface area contributed by atoms with Crippen molar-refractivity contribution in [3.8, 4) is 44.5 Å². The van der Waals surface area contributed by atoms with Crippen molar-refractivity contribution in [2.45, 2.75) is 6.42 Å². The molecule has 0 radical (unpaired) electrons. The fourth-order valence-corrected chi connectivity index (χ4v) is 6.41. The van der Waals surface area contributed by atoms with E-state index in [0.717, 1.165) is 45.1 Å². The Morgan fingerprint density at radius 2 is 0.913 bits per heavy atom. The van der Waals surface area contributed by atoms with E-state index in [1.165, 1.54) is 44.5 Å². The van der Waals surface area contributed by atoms with Crippen molar-refractivity contribution < 1.29 is 4.42 Å². The van der Waals surface area contributed by atoms with Gasteiger partial charge in [0.1, 0.15) is 11.2 Å². The van der Waals surface area contributed by atoms with Crippen LogP contribution in [0.3, 0.4) is 0 Å². The number of hydrogen-bond acceptors (Lipinski definition) is 1. The van der Waals surface area contributed by atoms with Crippen LogP contribution in [-0.4, -0.2) is 0 Å². The standard InChI is InChI=1S/C45H32O/c1-31(29-32-15-17-38(18-16-32)41-12-6-5-11-40(41)37-9-3-2-4-10-37)33-19-21-34(22-20-33)35-23-25-36(26-24-35)39-27-28-43-42-13-7-8-14-44(42)46-45(43)30-39/h2-28,30H,1,29H2. The van der Waals surface area contributed by atoms with Gasteiger partial charge in [-0.05, 0) is 85.8 Å². The van der Waals surface area contributed by atoms with Gasteiger partial charge in [-0.25, -0.2) is 0 Å². The van der Waals surface area contributed by atoms with Gasteiger partial charge in [-0.15, -0.1) is 0 Å². The molecule has 7 aromatic carbocycles. The Hall–Kier alpha value is -5.92. The molecule has 0 fully saturated rings. The van der Waals surface area contributed by atoms with Gasteiger partial charge in [-0.1, -0.05) is 158 Å². The SMILES string of the molecule is C=C(Cc1ccc(-c2ccccc2-c2ccccc2)cc1)c1ccc(-c2ccc(-c3ccc4c(c3)oc3ccccc34)cc2)cc1. The number of furan rings is 1. The van der Waals surface area contributed by atoms with Gasteiger partial charge < -0.3 is 4.42 Å². The van der Waals surface area contributed by atoms with E-state index in [2.05, 4.69) is 164 Å². The minimum atomic E-state index is 0.810. The molecule has 0 spiro atoms. The summed E-state index contributed by atoms with van der Waals surface area (Å²) in [6, 6.07) is 60.3. The molecule has 0 aliphatic carbocycles. The smallest absolute Gasteiger partial charge is 0.136 e. The Bertz CT molecular complexity index is 2300. The Balaban J connectivity index is 0.954. The molecule has 46 heavy (non-hydrogen) atoms. The zero-order valence-electron chi connectivity index (χ0n) is 25.5. The molecule has 0 aliphatic rings. The van der Waals surface area contributed by atoms with Gasteiger partial charge in [0.05, 0.1) is 0 Å². The molecule has 0 bridgehead atoms. The van der Waals surface area contributed by atoms with Gasteiger partial charge in [-0.2, -0.15) is 0 Å². The van der Waals surface area contributed by atoms with E-state index in [0.29, 0.717) is 0 Å². The predicted octanol–water partition coefficient (Wildman–Crippen LogP) is 12.5. The van der Waals surface area contributed by atoms with Crippen molar-refractivity contribution in [1.82, 2.24) is 0 Å². The van der Waals surface area contributed by atoms with Gasteiger partial charge in [-0.3, -0.25) is 0 Å². The minimum Gasteiger partial charge on any atom is -0.456 e. The first-order valence-corrected chi connectivity index (χ1v) is 15.7. The minimum absolute atomic E-state index is 0.810. The highest BCUT2D eigenvalue weighted by Gasteiger charge is 2.10. The molecule has 1 nitrogen and oxygen atoms in total. The first-order chi connectivity index (χ1) is 22.7. The zero-order chi connectivity index (χ0) is 30.9. The average Bonchev–Trinajstić information content (AvgIpc) is 3.50. The number of hydrogen-bond donors (Lipinski definition) is 0. The van der Waals surface area contributed by atoms with Crippen molar-refractivity contribution in [1.29, 1.82) is 0 Å². The van der Waals surface area contributed by atoms with E-state index >= 15 is 0 Å². The summed E-state index contributed by atoms with van der Waals surface area (Å²) in [5, 5.41) is 2.31. The van der Waals surface area contributed by atoms with Crippen LogP contribution in [0.1, 0.15) is 11.1 Å². The molecule has 0 saturated heterocycles. The number of rotatable bonds is 7. The summed E-state index contributed by atoms with van der Waals surface area (Å²) < 4.78 is 6.11. The van der Waals surface area contributed by atoms with E-state index < -0.39 is 0 Å². The van der Waals surface area contributed by atoms with Crippen LogP contribution in [0, 0.1) is 0 Å². The van der Waals surface area contributed by atoms with Crippen LogP contribution in [0.2, 0.25) is 0 Å². The molecule has 1 heteroatoms. The number of fused-ring (bicyclic) bond motifs is 3. The Labute approximate surface area is 269 Å². The van der Waals surface area contributed by atoms with E-state index in [-0.39, 0.29) is 0 Å². The third kappa shape index (κ3) is 5.33. The molecule has 8 rings (SSSR count). The molecule has 1 aromatic heterocycles. The Morgan fingerprint density at radius 3 is 1.61 bits per heavy atom. The molecule has 0 aliphatic heterocycles. The van der Waals surface area contributed by atoms with Crippen molar-refractivity contribution in [2.75, 3.05) is 0 Å². The van der Waals surface area contributed by atoms with Crippen molar-refractivity contribution in [3.63, 3.8) is 0 Å². The molecule has 0 atom stereocenters. The largest absolute Gasteiger partial charge is 0.456 e. The molecule has 1 heterocycles. The van der Waals surface area contributed by atoms with Crippen LogP contribution in [0.5, 0.6) is 0 Å². The first kappa shape index (κ1) is 27.6. The van der Waals surface area contributed by atoms with Crippen LogP contribution >= 0.6 is 0 Å². The van der Waals surface area contributed by atoms with Crippen LogP contribution in [0.15, 0.2) is 181 Å². The van der Waals surface area contributed by atoms with Gasteiger partial charge in [0, 0.05) is 10.8 Å². The zero-order valence-corrected chi connectivity index (χ0v) is 25.5.